The molecule has 0 aromatic heterocycles. The summed E-state index contributed by atoms with van der Waals surface area (Å²) in [6.07, 6.45) is 3.52. The van der Waals surface area contributed by atoms with Gasteiger partial charge >= 0.3 is 5.97 Å². The number of hydrogen-bond donors (Lipinski definition) is 3. The summed E-state index contributed by atoms with van der Waals surface area (Å²) in [5.41, 5.74) is 2.10. The number of rotatable bonds is 5. The normalized spacial score (nSPS) is 25.6. The zero-order valence-corrected chi connectivity index (χ0v) is 19.1. The molecule has 0 fully saturated rings. The van der Waals surface area contributed by atoms with Crippen LogP contribution in [0.15, 0.2) is 52.3 Å². The molecule has 0 bridgehead atoms. The fraction of sp³-hybridized carbons (Fsp3) is 0.417. The Balaban J connectivity index is 1.81. The molecule has 0 saturated heterocycles. The number of ketones is 1. The number of allylic oxidation sites excluding steroid dienone is 4. The molecule has 32 heavy (non-hydrogen) atoms. The molecule has 0 saturated carbocycles. The number of hydrogen-bond acceptors (Lipinski definition) is 5. The molecule has 7 nitrogen and oxygen atoms in total. The number of nitrogens with one attached hydrogen (secondary N) is 1. The molecule has 0 heterocycles. The number of aliphatic carboxylic acids is 1. The number of nitrogens with zero attached hydrogens (tertiary/aromatic N) is 1. The lowest BCUT2D eigenvalue weighted by molar-refractivity contribution is -0.157. The smallest absolute Gasteiger partial charge is 0.319 e. The van der Waals surface area contributed by atoms with Gasteiger partial charge in [-0.05, 0) is 42.9 Å². The third kappa shape index (κ3) is 4.78. The summed E-state index contributed by atoms with van der Waals surface area (Å²) >= 11 is 5.97. The van der Waals surface area contributed by atoms with Gasteiger partial charge in [-0.3, -0.25) is 14.4 Å². The van der Waals surface area contributed by atoms with E-state index < -0.39 is 17.3 Å². The van der Waals surface area contributed by atoms with E-state index in [9.17, 15) is 24.6 Å². The van der Waals surface area contributed by atoms with Crippen LogP contribution in [-0.4, -0.2) is 34.1 Å². The number of aliphatic hydroxyl groups is 1. The quantitative estimate of drug-likeness (QED) is 0.259. The molecule has 2 aliphatic rings. The minimum absolute atomic E-state index is 0.0284. The van der Waals surface area contributed by atoms with Crippen LogP contribution in [0.1, 0.15) is 57.9 Å². The maximum absolute atomic E-state index is 13.0. The van der Waals surface area contributed by atoms with Gasteiger partial charge in [0, 0.05) is 23.8 Å². The van der Waals surface area contributed by atoms with Crippen molar-refractivity contribution in [3.05, 3.63) is 57.8 Å². The molecule has 2 aliphatic carbocycles. The van der Waals surface area contributed by atoms with Gasteiger partial charge in [-0.25, -0.2) is 5.43 Å². The van der Waals surface area contributed by atoms with Crippen molar-refractivity contribution in [2.24, 2.45) is 15.9 Å². The van der Waals surface area contributed by atoms with E-state index in [1.807, 2.05) is 32.9 Å². The van der Waals surface area contributed by atoms with Crippen molar-refractivity contribution in [2.75, 3.05) is 0 Å². The Morgan fingerprint density at radius 2 is 1.88 bits per heavy atom. The molecule has 0 aliphatic heterocycles. The first-order valence-electron chi connectivity index (χ1n) is 10.4. The molecule has 0 spiro atoms. The summed E-state index contributed by atoms with van der Waals surface area (Å²) in [5, 5.41) is 24.5. The number of halogens is 1. The van der Waals surface area contributed by atoms with Crippen LogP contribution in [0.4, 0.5) is 0 Å². The Kier molecular flexibility index (Phi) is 6.60. The first-order chi connectivity index (χ1) is 14.9. The zero-order chi connectivity index (χ0) is 23.7. The molecule has 2 atom stereocenters. The predicted molar refractivity (Wildman–Crippen MR) is 122 cm³/mol. The number of benzene rings is 1. The van der Waals surface area contributed by atoms with E-state index in [-0.39, 0.29) is 47.7 Å². The summed E-state index contributed by atoms with van der Waals surface area (Å²) in [4.78, 5) is 37.5. The van der Waals surface area contributed by atoms with Gasteiger partial charge in [0.1, 0.15) is 5.76 Å². The third-order valence-corrected chi connectivity index (χ3v) is 6.50. The summed E-state index contributed by atoms with van der Waals surface area (Å²) < 4.78 is 0. The maximum Gasteiger partial charge on any atom is 0.319 e. The highest BCUT2D eigenvalue weighted by molar-refractivity contribution is 6.30. The minimum atomic E-state index is -1.71. The third-order valence-electron chi connectivity index (χ3n) is 6.25. The first kappa shape index (κ1) is 23.7. The number of carbonyl (C=O) groups is 3. The van der Waals surface area contributed by atoms with Crippen molar-refractivity contribution in [1.82, 2.24) is 5.43 Å². The van der Waals surface area contributed by atoms with Crippen LogP contribution in [0.5, 0.6) is 0 Å². The minimum Gasteiger partial charge on any atom is -0.511 e. The standard InChI is InChI=1S/C24H27ClN2O5/c1-14-8-9-24(22(31)32,10-17(14)15-4-6-16(25)7-5-15)21(30)27-26-13-18-19(28)11-23(2,3)12-20(18)29/h4-8,13,17,28H,9-12H2,1-3H3,(H,27,30)(H,31,32)/b26-13-/t17-,24+/m0/s1. The average molecular weight is 459 g/mol. The zero-order valence-electron chi connectivity index (χ0n) is 18.3. The second-order valence-electron chi connectivity index (χ2n) is 9.35. The van der Waals surface area contributed by atoms with Gasteiger partial charge in [0.2, 0.25) is 0 Å². The Morgan fingerprint density at radius 3 is 2.47 bits per heavy atom. The molecule has 170 valence electrons. The van der Waals surface area contributed by atoms with E-state index in [1.165, 1.54) is 0 Å². The Morgan fingerprint density at radius 1 is 1.22 bits per heavy atom. The van der Waals surface area contributed by atoms with E-state index in [1.54, 1.807) is 18.2 Å². The molecular weight excluding hydrogens is 432 g/mol. The van der Waals surface area contributed by atoms with Crippen molar-refractivity contribution in [3.63, 3.8) is 0 Å². The number of amides is 1. The second kappa shape index (κ2) is 8.90. The van der Waals surface area contributed by atoms with Crippen LogP contribution in [-0.2, 0) is 14.4 Å². The monoisotopic (exact) mass is 458 g/mol. The van der Waals surface area contributed by atoms with Crippen molar-refractivity contribution in [2.45, 2.75) is 52.4 Å². The number of aliphatic hydroxyl groups excluding tert-OH is 1. The van der Waals surface area contributed by atoms with Crippen LogP contribution < -0.4 is 5.43 Å². The molecule has 8 heteroatoms. The van der Waals surface area contributed by atoms with Gasteiger partial charge in [-0.15, -0.1) is 0 Å². The predicted octanol–water partition coefficient (Wildman–Crippen LogP) is 4.54. The van der Waals surface area contributed by atoms with Gasteiger partial charge in [0.25, 0.3) is 5.91 Å². The van der Waals surface area contributed by atoms with Gasteiger partial charge < -0.3 is 10.2 Å². The lowest BCUT2D eigenvalue weighted by atomic mass is 9.68. The fourth-order valence-electron chi connectivity index (χ4n) is 4.31. The Bertz CT molecular complexity index is 1040. The summed E-state index contributed by atoms with van der Waals surface area (Å²) in [6, 6.07) is 7.11. The topological polar surface area (TPSA) is 116 Å². The number of carboxylic acids is 1. The lowest BCUT2D eigenvalue weighted by Crippen LogP contribution is -2.47. The van der Waals surface area contributed by atoms with Gasteiger partial charge in [-0.2, -0.15) is 5.10 Å². The van der Waals surface area contributed by atoms with Gasteiger partial charge in [0.05, 0.1) is 11.8 Å². The molecule has 3 N–H and O–H groups in total. The van der Waals surface area contributed by atoms with E-state index in [0.29, 0.717) is 11.4 Å². The first-order valence-corrected chi connectivity index (χ1v) is 10.8. The van der Waals surface area contributed by atoms with Crippen molar-refractivity contribution in [3.8, 4) is 0 Å². The SMILES string of the molecule is CC1=CC[C@](C(=O)O)(C(=O)N/N=C\C2=C(O)CC(C)(C)CC2=O)C[C@@H]1c1ccc(Cl)cc1. The Hall–Kier alpha value is -2.93. The van der Waals surface area contributed by atoms with Gasteiger partial charge in [0.15, 0.2) is 11.2 Å². The van der Waals surface area contributed by atoms with Crippen molar-refractivity contribution >= 4 is 35.5 Å². The van der Waals surface area contributed by atoms with Crippen LogP contribution in [0.25, 0.3) is 0 Å². The van der Waals surface area contributed by atoms with E-state index in [4.69, 9.17) is 11.6 Å². The van der Waals surface area contributed by atoms with Gasteiger partial charge in [-0.1, -0.05) is 49.2 Å². The molecule has 0 radical (unpaired) electrons. The van der Waals surface area contributed by atoms with Crippen LogP contribution >= 0.6 is 11.6 Å². The highest BCUT2D eigenvalue weighted by Gasteiger charge is 2.49. The highest BCUT2D eigenvalue weighted by Crippen LogP contribution is 2.44. The summed E-state index contributed by atoms with van der Waals surface area (Å²) in [7, 11) is 0. The molecule has 0 unspecified atom stereocenters. The van der Waals surface area contributed by atoms with E-state index in [2.05, 4.69) is 10.5 Å². The van der Waals surface area contributed by atoms with Crippen molar-refractivity contribution < 1.29 is 24.6 Å². The largest absolute Gasteiger partial charge is 0.511 e. The van der Waals surface area contributed by atoms with Crippen LogP contribution in [0, 0.1) is 10.8 Å². The molecule has 1 aromatic carbocycles. The second-order valence-corrected chi connectivity index (χ2v) is 9.78. The average Bonchev–Trinajstić information content (AvgIpc) is 2.70. The number of carboxylic acid groups (broad SMARTS) is 1. The lowest BCUT2D eigenvalue weighted by Gasteiger charge is -2.35. The highest BCUT2D eigenvalue weighted by atomic mass is 35.5. The summed E-state index contributed by atoms with van der Waals surface area (Å²) in [6.45, 7) is 5.67. The van der Waals surface area contributed by atoms with Crippen LogP contribution in [0.2, 0.25) is 5.02 Å². The summed E-state index contributed by atoms with van der Waals surface area (Å²) in [5.74, 6) is -2.64. The number of hydrazone groups is 1. The Labute approximate surface area is 191 Å². The number of carbonyl (C=O) groups excluding carboxylic acids is 2. The van der Waals surface area contributed by atoms with Crippen molar-refractivity contribution in [1.29, 1.82) is 0 Å². The molecular formula is C24H27ClN2O5. The maximum atomic E-state index is 13.0. The number of Topliss-reactive ketones (excluding diaryl/α,β-unsaturated/α-hetero) is 1. The fourth-order valence-corrected chi connectivity index (χ4v) is 4.44. The van der Waals surface area contributed by atoms with Crippen LogP contribution in [0.3, 0.4) is 0 Å². The van der Waals surface area contributed by atoms with E-state index in [0.717, 1.165) is 17.4 Å². The molecule has 1 amide bonds. The molecule has 3 rings (SSSR count). The van der Waals surface area contributed by atoms with E-state index >= 15 is 0 Å². The molecule has 1 aromatic rings.